The number of anilines is 1. The minimum atomic E-state index is -0.429. The standard InChI is InChI=1S/C15H14ClNO4S/c1-20-12-4-3-10(16)5-9(12)6-14(18)17-11-7-13(22-8-11)15(19)21-2/h3-5,7-8H,6H2,1-2H3,(H,17,18). The second-order valence-electron chi connectivity index (χ2n) is 4.37. The Labute approximate surface area is 136 Å². The molecule has 1 aromatic carbocycles. The molecule has 0 aliphatic rings. The molecule has 0 saturated heterocycles. The summed E-state index contributed by atoms with van der Waals surface area (Å²) in [5.74, 6) is -0.0584. The first-order valence-corrected chi connectivity index (χ1v) is 7.58. The first kappa shape index (κ1) is 16.3. The highest BCUT2D eigenvalue weighted by atomic mass is 35.5. The molecule has 7 heteroatoms. The summed E-state index contributed by atoms with van der Waals surface area (Å²) in [5, 5.41) is 4.94. The summed E-state index contributed by atoms with van der Waals surface area (Å²) < 4.78 is 9.83. The van der Waals surface area contributed by atoms with Gasteiger partial charge in [-0.3, -0.25) is 4.79 Å². The van der Waals surface area contributed by atoms with Gasteiger partial charge in [-0.1, -0.05) is 11.6 Å². The van der Waals surface area contributed by atoms with E-state index >= 15 is 0 Å². The van der Waals surface area contributed by atoms with Crippen LogP contribution in [0.5, 0.6) is 5.75 Å². The summed E-state index contributed by atoms with van der Waals surface area (Å²) in [6.45, 7) is 0. The molecule has 1 amide bonds. The molecular formula is C15H14ClNO4S. The van der Waals surface area contributed by atoms with Crippen LogP contribution < -0.4 is 10.1 Å². The lowest BCUT2D eigenvalue weighted by Gasteiger charge is -2.08. The van der Waals surface area contributed by atoms with Crippen LogP contribution in [0.4, 0.5) is 5.69 Å². The first-order valence-electron chi connectivity index (χ1n) is 6.32. The number of esters is 1. The lowest BCUT2D eigenvalue weighted by atomic mass is 10.1. The number of halogens is 1. The van der Waals surface area contributed by atoms with Crippen molar-refractivity contribution < 1.29 is 19.1 Å². The van der Waals surface area contributed by atoms with Crippen LogP contribution in [-0.2, 0) is 16.0 Å². The number of carbonyl (C=O) groups excluding carboxylic acids is 2. The largest absolute Gasteiger partial charge is 0.496 e. The Morgan fingerprint density at radius 1 is 1.27 bits per heavy atom. The molecule has 22 heavy (non-hydrogen) atoms. The fourth-order valence-corrected chi connectivity index (χ4v) is 2.82. The van der Waals surface area contributed by atoms with Crippen LogP contribution in [0.1, 0.15) is 15.2 Å². The van der Waals surface area contributed by atoms with E-state index in [2.05, 4.69) is 10.1 Å². The van der Waals surface area contributed by atoms with Crippen LogP contribution in [0, 0.1) is 0 Å². The Kier molecular flexibility index (Phi) is 5.41. The van der Waals surface area contributed by atoms with Crippen LogP contribution in [0.15, 0.2) is 29.6 Å². The van der Waals surface area contributed by atoms with Gasteiger partial charge in [0, 0.05) is 16.0 Å². The van der Waals surface area contributed by atoms with Gasteiger partial charge in [0.25, 0.3) is 0 Å². The van der Waals surface area contributed by atoms with E-state index in [1.54, 1.807) is 29.6 Å². The molecule has 1 heterocycles. The highest BCUT2D eigenvalue weighted by Crippen LogP contribution is 2.24. The maximum absolute atomic E-state index is 12.1. The topological polar surface area (TPSA) is 64.6 Å². The first-order chi connectivity index (χ1) is 10.5. The lowest BCUT2D eigenvalue weighted by Crippen LogP contribution is -2.14. The van der Waals surface area contributed by atoms with E-state index in [1.807, 2.05) is 0 Å². The van der Waals surface area contributed by atoms with Crippen molar-refractivity contribution in [2.24, 2.45) is 0 Å². The van der Waals surface area contributed by atoms with Crippen molar-refractivity contribution in [2.45, 2.75) is 6.42 Å². The zero-order chi connectivity index (χ0) is 16.1. The molecule has 2 rings (SSSR count). The highest BCUT2D eigenvalue weighted by Gasteiger charge is 2.13. The van der Waals surface area contributed by atoms with Gasteiger partial charge in [0.1, 0.15) is 10.6 Å². The number of amides is 1. The number of methoxy groups -OCH3 is 2. The number of thiophene rings is 1. The van der Waals surface area contributed by atoms with Gasteiger partial charge in [-0.2, -0.15) is 0 Å². The predicted molar refractivity (Wildman–Crippen MR) is 86.0 cm³/mol. The minimum Gasteiger partial charge on any atom is -0.496 e. The fourth-order valence-electron chi connectivity index (χ4n) is 1.87. The SMILES string of the molecule is COC(=O)c1cc(NC(=O)Cc2cc(Cl)ccc2OC)cs1. The van der Waals surface area contributed by atoms with Crippen molar-refractivity contribution in [3.63, 3.8) is 0 Å². The number of hydrogen-bond donors (Lipinski definition) is 1. The molecule has 1 N–H and O–H groups in total. The van der Waals surface area contributed by atoms with Crippen LogP contribution in [0.3, 0.4) is 0 Å². The van der Waals surface area contributed by atoms with E-state index in [0.717, 1.165) is 0 Å². The van der Waals surface area contributed by atoms with Gasteiger partial charge in [-0.05, 0) is 24.3 Å². The van der Waals surface area contributed by atoms with Gasteiger partial charge in [-0.15, -0.1) is 11.3 Å². The zero-order valence-electron chi connectivity index (χ0n) is 12.0. The summed E-state index contributed by atoms with van der Waals surface area (Å²) in [7, 11) is 2.85. The van der Waals surface area contributed by atoms with E-state index in [0.29, 0.717) is 26.9 Å². The Morgan fingerprint density at radius 2 is 2.05 bits per heavy atom. The molecule has 0 fully saturated rings. The molecule has 0 spiro atoms. The summed E-state index contributed by atoms with van der Waals surface area (Å²) in [6, 6.07) is 6.67. The predicted octanol–water partition coefficient (Wildman–Crippen LogP) is 3.38. The molecule has 0 atom stereocenters. The van der Waals surface area contributed by atoms with E-state index in [9.17, 15) is 9.59 Å². The Morgan fingerprint density at radius 3 is 2.73 bits per heavy atom. The monoisotopic (exact) mass is 339 g/mol. The van der Waals surface area contributed by atoms with Gasteiger partial charge < -0.3 is 14.8 Å². The molecule has 0 saturated carbocycles. The Hall–Kier alpha value is -2.05. The number of nitrogens with one attached hydrogen (secondary N) is 1. The molecule has 0 bridgehead atoms. The minimum absolute atomic E-state index is 0.118. The van der Waals surface area contributed by atoms with Gasteiger partial charge in [0.05, 0.1) is 26.3 Å². The van der Waals surface area contributed by atoms with E-state index in [4.69, 9.17) is 16.3 Å². The lowest BCUT2D eigenvalue weighted by molar-refractivity contribution is -0.115. The maximum atomic E-state index is 12.1. The molecule has 0 radical (unpaired) electrons. The van der Waals surface area contributed by atoms with Crippen molar-refractivity contribution in [1.82, 2.24) is 0 Å². The smallest absolute Gasteiger partial charge is 0.348 e. The van der Waals surface area contributed by atoms with Gasteiger partial charge in [0.2, 0.25) is 5.91 Å². The highest BCUT2D eigenvalue weighted by molar-refractivity contribution is 7.12. The Bertz CT molecular complexity index is 699. The maximum Gasteiger partial charge on any atom is 0.348 e. The van der Waals surface area contributed by atoms with Crippen molar-refractivity contribution in [2.75, 3.05) is 19.5 Å². The van der Waals surface area contributed by atoms with E-state index < -0.39 is 5.97 Å². The molecule has 0 aliphatic heterocycles. The summed E-state index contributed by atoms with van der Waals surface area (Å²) in [6.07, 6.45) is 0.118. The number of benzene rings is 1. The molecular weight excluding hydrogens is 326 g/mol. The second kappa shape index (κ2) is 7.29. The second-order valence-corrected chi connectivity index (χ2v) is 5.72. The third-order valence-electron chi connectivity index (χ3n) is 2.86. The molecule has 2 aromatic rings. The van der Waals surface area contributed by atoms with Crippen molar-refractivity contribution in [3.8, 4) is 5.75 Å². The Balaban J connectivity index is 2.06. The third kappa shape index (κ3) is 3.99. The third-order valence-corrected chi connectivity index (χ3v) is 4.01. The van der Waals surface area contributed by atoms with Crippen LogP contribution in [-0.4, -0.2) is 26.1 Å². The zero-order valence-corrected chi connectivity index (χ0v) is 13.6. The molecule has 5 nitrogen and oxygen atoms in total. The van der Waals surface area contributed by atoms with Gasteiger partial charge >= 0.3 is 5.97 Å². The number of rotatable bonds is 5. The molecule has 116 valence electrons. The van der Waals surface area contributed by atoms with Crippen molar-refractivity contribution in [1.29, 1.82) is 0 Å². The van der Waals surface area contributed by atoms with E-state index in [-0.39, 0.29) is 12.3 Å². The normalized spacial score (nSPS) is 10.1. The van der Waals surface area contributed by atoms with Crippen LogP contribution >= 0.6 is 22.9 Å². The van der Waals surface area contributed by atoms with Crippen LogP contribution in [0.25, 0.3) is 0 Å². The van der Waals surface area contributed by atoms with Crippen LogP contribution in [0.2, 0.25) is 5.02 Å². The van der Waals surface area contributed by atoms with Crippen molar-refractivity contribution >= 4 is 40.5 Å². The fraction of sp³-hybridized carbons (Fsp3) is 0.200. The number of hydrogen-bond acceptors (Lipinski definition) is 5. The van der Waals surface area contributed by atoms with Crippen molar-refractivity contribution in [3.05, 3.63) is 45.1 Å². The summed E-state index contributed by atoms with van der Waals surface area (Å²) >= 11 is 7.14. The van der Waals surface area contributed by atoms with Gasteiger partial charge in [0.15, 0.2) is 0 Å². The summed E-state index contributed by atoms with van der Waals surface area (Å²) in [5.41, 5.74) is 1.24. The molecule has 0 aliphatic carbocycles. The number of carbonyl (C=O) groups is 2. The average Bonchev–Trinajstić information content (AvgIpc) is 2.95. The number of ether oxygens (including phenoxy) is 2. The van der Waals surface area contributed by atoms with E-state index in [1.165, 1.54) is 25.6 Å². The summed E-state index contributed by atoms with van der Waals surface area (Å²) in [4.78, 5) is 23.9. The quantitative estimate of drug-likeness (QED) is 0.848. The van der Waals surface area contributed by atoms with Gasteiger partial charge in [-0.25, -0.2) is 4.79 Å². The molecule has 1 aromatic heterocycles. The molecule has 0 unspecified atom stereocenters. The average molecular weight is 340 g/mol.